The molecule has 0 aromatic carbocycles. The molecule has 0 amide bonds. The van der Waals surface area contributed by atoms with Gasteiger partial charge in [-0.05, 0) is 3.52 Å². The molecular formula is C3HCl4N2+. The van der Waals surface area contributed by atoms with Crippen LogP contribution in [0, 0.1) is 0 Å². The van der Waals surface area contributed by atoms with Gasteiger partial charge in [-0.15, -0.1) is 0 Å². The molecule has 1 aliphatic rings. The molecule has 0 aromatic heterocycles. The van der Waals surface area contributed by atoms with E-state index in [1.165, 1.54) is 6.20 Å². The van der Waals surface area contributed by atoms with Crippen molar-refractivity contribution in [2.45, 2.75) is 0 Å². The zero-order chi connectivity index (χ0) is 7.07. The maximum Gasteiger partial charge on any atom is 0.343 e. The minimum Gasteiger partial charge on any atom is -0.164 e. The summed E-state index contributed by atoms with van der Waals surface area (Å²) in [6, 6.07) is 0. The summed E-state index contributed by atoms with van der Waals surface area (Å²) in [5.74, 6) is 0. The topological polar surface area (TPSA) is 12.4 Å². The van der Waals surface area contributed by atoms with E-state index in [1.54, 1.807) is 0 Å². The zero-order valence-electron chi connectivity index (χ0n) is 3.98. The number of quaternary nitrogens is 1. The van der Waals surface area contributed by atoms with E-state index in [0.29, 0.717) is 0 Å². The van der Waals surface area contributed by atoms with E-state index in [4.69, 9.17) is 46.8 Å². The Hall–Kier alpha value is 0.530. The lowest BCUT2D eigenvalue weighted by molar-refractivity contribution is -0.501. The van der Waals surface area contributed by atoms with E-state index >= 15 is 0 Å². The molecule has 0 aromatic rings. The Kier molecular flexibility index (Phi) is 1.94. The lowest BCUT2D eigenvalue weighted by Gasteiger charge is -2.02. The third-order valence-corrected chi connectivity index (χ3v) is 1.94. The van der Waals surface area contributed by atoms with Crippen LogP contribution in [0.15, 0.2) is 16.3 Å². The first-order chi connectivity index (χ1) is 4.02. The first-order valence-electron chi connectivity index (χ1n) is 1.93. The highest BCUT2D eigenvalue weighted by atomic mass is 35.5. The van der Waals surface area contributed by atoms with Gasteiger partial charge in [-0.1, -0.05) is 11.6 Å². The lowest BCUT2D eigenvalue weighted by Crippen LogP contribution is -2.20. The van der Waals surface area contributed by atoms with Gasteiger partial charge in [0.25, 0.3) is 0 Å². The Morgan fingerprint density at radius 3 is 2.00 bits per heavy atom. The summed E-state index contributed by atoms with van der Waals surface area (Å²) in [6.07, 6.45) is 1.30. The molecule has 0 unspecified atom stereocenters. The van der Waals surface area contributed by atoms with E-state index in [0.717, 1.165) is 0 Å². The molecule has 0 atom stereocenters. The van der Waals surface area contributed by atoms with Crippen LogP contribution in [0.5, 0.6) is 0 Å². The molecule has 50 valence electrons. The summed E-state index contributed by atoms with van der Waals surface area (Å²) in [6.45, 7) is 0. The number of aliphatic imine (C=N–C) groups is 1. The van der Waals surface area contributed by atoms with Crippen LogP contribution in [0.1, 0.15) is 0 Å². The lowest BCUT2D eigenvalue weighted by atomic mass is 10.9. The van der Waals surface area contributed by atoms with Gasteiger partial charge in [0.15, 0.2) is 11.4 Å². The van der Waals surface area contributed by atoms with Crippen molar-refractivity contribution in [3.63, 3.8) is 0 Å². The molecule has 9 heavy (non-hydrogen) atoms. The number of hydrogen-bond donors (Lipinski definition) is 0. The Balaban J connectivity index is 2.96. The summed E-state index contributed by atoms with van der Waals surface area (Å²) in [7, 11) is 0. The van der Waals surface area contributed by atoms with Gasteiger partial charge in [0.2, 0.25) is 23.6 Å². The minimum atomic E-state index is -0.611. The summed E-state index contributed by atoms with van der Waals surface area (Å²) in [5.41, 5.74) is 0. The summed E-state index contributed by atoms with van der Waals surface area (Å²) in [5, 5.41) is 0.230. The monoisotopic (exact) mass is 205 g/mol. The molecule has 1 aliphatic heterocycles. The van der Waals surface area contributed by atoms with Crippen LogP contribution >= 0.6 is 46.8 Å². The number of nitrogens with zero attached hydrogens (tertiary/aromatic N) is 2. The predicted octanol–water partition coefficient (Wildman–Crippen LogP) is 2.76. The van der Waals surface area contributed by atoms with Crippen LogP contribution in [0.3, 0.4) is 0 Å². The van der Waals surface area contributed by atoms with Crippen LogP contribution in [-0.2, 0) is 0 Å². The number of halogens is 4. The third-order valence-electron chi connectivity index (χ3n) is 0.714. The first-order valence-corrected chi connectivity index (χ1v) is 3.37. The average molecular weight is 207 g/mol. The summed E-state index contributed by atoms with van der Waals surface area (Å²) < 4.78 is -0.611. The molecule has 0 N–H and O–H groups in total. The molecule has 0 radical (unpaired) electrons. The van der Waals surface area contributed by atoms with E-state index in [9.17, 15) is 0 Å². The second kappa shape index (κ2) is 2.29. The van der Waals surface area contributed by atoms with Crippen LogP contribution < -0.4 is 0 Å². The summed E-state index contributed by atoms with van der Waals surface area (Å²) in [4.78, 5) is 3.56. The quantitative estimate of drug-likeness (QED) is 0.427. The molecule has 1 rings (SSSR count). The maximum absolute atomic E-state index is 5.49. The second-order valence-corrected chi connectivity index (χ2v) is 3.35. The predicted molar refractivity (Wildman–Crippen MR) is 39.2 cm³/mol. The highest BCUT2D eigenvalue weighted by molar-refractivity contribution is 6.67. The molecular weight excluding hydrogens is 206 g/mol. The number of rotatable bonds is 0. The Morgan fingerprint density at radius 2 is 1.89 bits per heavy atom. The van der Waals surface area contributed by atoms with Gasteiger partial charge in [0.1, 0.15) is 0 Å². The second-order valence-electron chi connectivity index (χ2n) is 1.39. The highest BCUT2D eigenvalue weighted by Crippen LogP contribution is 2.31. The van der Waals surface area contributed by atoms with Crippen molar-refractivity contribution in [1.82, 2.24) is 0 Å². The Bertz CT molecular complexity index is 194. The highest BCUT2D eigenvalue weighted by Gasteiger charge is 2.35. The van der Waals surface area contributed by atoms with Crippen molar-refractivity contribution >= 4 is 52.1 Å². The average Bonchev–Trinajstić information content (AvgIpc) is 1.79. The molecule has 1 heterocycles. The van der Waals surface area contributed by atoms with E-state index in [2.05, 4.69) is 4.99 Å². The van der Waals surface area contributed by atoms with E-state index in [-0.39, 0.29) is 10.5 Å². The molecule has 2 nitrogen and oxygen atoms in total. The number of hydrogen-bond acceptors (Lipinski definition) is 1. The molecule has 0 fully saturated rings. The van der Waals surface area contributed by atoms with Gasteiger partial charge < -0.3 is 0 Å². The SMILES string of the molecule is ClC1=C[N+](Cl)(Cl)C(Cl)=N1. The molecule has 0 spiro atoms. The van der Waals surface area contributed by atoms with Crippen molar-refractivity contribution in [2.24, 2.45) is 4.99 Å². The zero-order valence-corrected chi connectivity index (χ0v) is 7.01. The van der Waals surface area contributed by atoms with E-state index in [1.807, 2.05) is 0 Å². The van der Waals surface area contributed by atoms with E-state index < -0.39 is 3.52 Å². The van der Waals surface area contributed by atoms with Crippen LogP contribution in [0.4, 0.5) is 0 Å². The Labute approximate surface area is 72.1 Å². The summed E-state index contributed by atoms with van der Waals surface area (Å²) >= 11 is 21.8. The maximum atomic E-state index is 5.49. The van der Waals surface area contributed by atoms with Gasteiger partial charge in [-0.25, -0.2) is 0 Å². The van der Waals surface area contributed by atoms with Gasteiger partial charge in [-0.3, -0.25) is 0 Å². The molecule has 0 saturated carbocycles. The van der Waals surface area contributed by atoms with Gasteiger partial charge in [0, 0.05) is 11.6 Å². The normalized spacial score (nSPS) is 23.6. The van der Waals surface area contributed by atoms with Crippen LogP contribution in [-0.4, -0.2) is 8.82 Å². The fraction of sp³-hybridized carbons (Fsp3) is 0. The Morgan fingerprint density at radius 1 is 1.33 bits per heavy atom. The number of amidine groups is 1. The van der Waals surface area contributed by atoms with Crippen LogP contribution in [0.2, 0.25) is 0 Å². The van der Waals surface area contributed by atoms with Crippen LogP contribution in [0.25, 0.3) is 0 Å². The molecule has 0 bridgehead atoms. The third kappa shape index (κ3) is 1.51. The van der Waals surface area contributed by atoms with Gasteiger partial charge in [0.05, 0.1) is 0 Å². The largest absolute Gasteiger partial charge is 0.343 e. The van der Waals surface area contributed by atoms with Crippen molar-refractivity contribution < 1.29 is 3.52 Å². The van der Waals surface area contributed by atoms with Gasteiger partial charge in [-0.2, -0.15) is 4.99 Å². The minimum absolute atomic E-state index is 0.0309. The standard InChI is InChI=1S/C3HCl4N2/c4-2-1-9(6,7)3(5)8-2/h1H/q+1. The molecule has 0 aliphatic carbocycles. The molecule has 0 saturated heterocycles. The van der Waals surface area contributed by atoms with Crippen molar-refractivity contribution in [2.75, 3.05) is 0 Å². The smallest absolute Gasteiger partial charge is 0.164 e. The van der Waals surface area contributed by atoms with Gasteiger partial charge >= 0.3 is 5.29 Å². The van der Waals surface area contributed by atoms with Crippen molar-refractivity contribution in [1.29, 1.82) is 0 Å². The van der Waals surface area contributed by atoms with Crippen molar-refractivity contribution in [3.8, 4) is 0 Å². The van der Waals surface area contributed by atoms with Crippen molar-refractivity contribution in [3.05, 3.63) is 11.4 Å². The fourth-order valence-corrected chi connectivity index (χ4v) is 1.14. The fourth-order valence-electron chi connectivity index (χ4n) is 0.371. The first kappa shape index (κ1) is 7.63. The molecule has 6 heteroatoms.